The average Bonchev–Trinajstić information content (AvgIpc) is 3.20. The van der Waals surface area contributed by atoms with Crippen LogP contribution < -0.4 is 10.6 Å². The first-order chi connectivity index (χ1) is 10.6. The quantitative estimate of drug-likeness (QED) is 0.800. The van der Waals surface area contributed by atoms with Crippen LogP contribution in [0.3, 0.4) is 0 Å². The molecular formula is C15H15N3O3S. The van der Waals surface area contributed by atoms with Crippen molar-refractivity contribution in [3.63, 3.8) is 0 Å². The van der Waals surface area contributed by atoms with Crippen LogP contribution >= 0.6 is 11.3 Å². The number of nitrogens with zero attached hydrogens (tertiary/aromatic N) is 1. The summed E-state index contributed by atoms with van der Waals surface area (Å²) in [6, 6.07) is 4.32. The number of carboxylic acids is 1. The molecule has 114 valence electrons. The molecule has 2 aliphatic heterocycles. The second kappa shape index (κ2) is 5.03. The third kappa shape index (κ3) is 2.26. The number of hydrogen-bond acceptors (Lipinski definition) is 5. The Labute approximate surface area is 130 Å². The van der Waals surface area contributed by atoms with Crippen LogP contribution in [0, 0.1) is 0 Å². The highest BCUT2D eigenvalue weighted by atomic mass is 32.1. The Morgan fingerprint density at radius 1 is 1.36 bits per heavy atom. The third-order valence-corrected chi connectivity index (χ3v) is 5.55. The zero-order valence-corrected chi connectivity index (χ0v) is 12.5. The van der Waals surface area contributed by atoms with E-state index in [9.17, 15) is 9.59 Å². The zero-order valence-electron chi connectivity index (χ0n) is 11.7. The summed E-state index contributed by atoms with van der Waals surface area (Å²) < 4.78 is 0.767. The minimum absolute atomic E-state index is 0.168. The van der Waals surface area contributed by atoms with E-state index in [0.717, 1.165) is 34.3 Å². The lowest BCUT2D eigenvalue weighted by atomic mass is 9.95. The smallest absolute Gasteiger partial charge is 0.345 e. The van der Waals surface area contributed by atoms with E-state index >= 15 is 0 Å². The van der Waals surface area contributed by atoms with Crippen molar-refractivity contribution in [1.29, 1.82) is 0 Å². The first kappa shape index (κ1) is 13.7. The van der Waals surface area contributed by atoms with Crippen LogP contribution in [0.5, 0.6) is 0 Å². The van der Waals surface area contributed by atoms with E-state index in [1.165, 1.54) is 6.42 Å². The van der Waals surface area contributed by atoms with E-state index in [1.54, 1.807) is 18.3 Å². The van der Waals surface area contributed by atoms with Gasteiger partial charge in [-0.25, -0.2) is 4.79 Å². The summed E-state index contributed by atoms with van der Waals surface area (Å²) in [6.07, 6.45) is 4.83. The zero-order chi connectivity index (χ0) is 15.3. The van der Waals surface area contributed by atoms with Gasteiger partial charge in [0.25, 0.3) is 5.91 Å². The Kier molecular flexibility index (Phi) is 3.12. The Bertz CT molecular complexity index is 772. The summed E-state index contributed by atoms with van der Waals surface area (Å²) in [5.41, 5.74) is 0.342. The summed E-state index contributed by atoms with van der Waals surface area (Å²) in [5, 5.41) is 16.3. The molecule has 2 fully saturated rings. The van der Waals surface area contributed by atoms with Gasteiger partial charge in [0.1, 0.15) is 10.6 Å². The standard InChI is InChI=1S/C15H15N3O3S/c19-14(18-10-4-8-1-2-9(10)17-8)11-5-12-7(6-16-11)3-13(22-12)15(20)21/h3,5-6,8-10,17H,1-2,4H2,(H,18,19)(H,20,21)/t8-,9+,10-/m1/s1. The van der Waals surface area contributed by atoms with E-state index in [4.69, 9.17) is 5.11 Å². The van der Waals surface area contributed by atoms with E-state index < -0.39 is 5.97 Å². The average molecular weight is 317 g/mol. The normalized spacial score (nSPS) is 26.5. The van der Waals surface area contributed by atoms with E-state index in [0.29, 0.717) is 17.8 Å². The summed E-state index contributed by atoms with van der Waals surface area (Å²) in [5.74, 6) is -1.15. The molecular weight excluding hydrogens is 302 g/mol. The van der Waals surface area contributed by atoms with Gasteiger partial charge in [0, 0.05) is 34.4 Å². The fourth-order valence-electron chi connectivity index (χ4n) is 3.39. The van der Waals surface area contributed by atoms with Crippen LogP contribution in [0.15, 0.2) is 18.3 Å². The molecule has 0 unspecified atom stereocenters. The van der Waals surface area contributed by atoms with Crippen molar-refractivity contribution in [2.24, 2.45) is 0 Å². The van der Waals surface area contributed by atoms with E-state index in [1.807, 2.05) is 0 Å². The molecule has 4 heterocycles. The van der Waals surface area contributed by atoms with Crippen molar-refractivity contribution in [3.05, 3.63) is 28.9 Å². The van der Waals surface area contributed by atoms with Crippen LogP contribution in [-0.4, -0.2) is 40.1 Å². The van der Waals surface area contributed by atoms with Crippen LogP contribution in [0.25, 0.3) is 10.1 Å². The highest BCUT2D eigenvalue weighted by molar-refractivity contribution is 7.20. The minimum Gasteiger partial charge on any atom is -0.477 e. The maximum atomic E-state index is 12.3. The molecule has 1 amide bonds. The lowest BCUT2D eigenvalue weighted by Crippen LogP contribution is -2.43. The molecule has 0 aliphatic carbocycles. The summed E-state index contributed by atoms with van der Waals surface area (Å²) >= 11 is 1.16. The van der Waals surface area contributed by atoms with Crippen molar-refractivity contribution in [2.45, 2.75) is 37.4 Å². The van der Waals surface area contributed by atoms with Crippen molar-refractivity contribution in [2.75, 3.05) is 0 Å². The highest BCUT2D eigenvalue weighted by Gasteiger charge is 2.39. The highest BCUT2D eigenvalue weighted by Crippen LogP contribution is 2.29. The summed E-state index contributed by atoms with van der Waals surface area (Å²) in [6.45, 7) is 0. The van der Waals surface area contributed by atoms with Crippen molar-refractivity contribution in [3.8, 4) is 0 Å². The van der Waals surface area contributed by atoms with Gasteiger partial charge >= 0.3 is 5.97 Å². The Balaban J connectivity index is 1.55. The van der Waals surface area contributed by atoms with Crippen LogP contribution in [0.4, 0.5) is 0 Å². The number of carboxylic acid groups (broad SMARTS) is 1. The number of fused-ring (bicyclic) bond motifs is 3. The van der Waals surface area contributed by atoms with Gasteiger partial charge in [-0.3, -0.25) is 9.78 Å². The number of thiophene rings is 1. The van der Waals surface area contributed by atoms with Crippen molar-refractivity contribution >= 4 is 33.3 Å². The predicted octanol–water partition coefficient (Wildman–Crippen LogP) is 1.62. The lowest BCUT2D eigenvalue weighted by molar-refractivity contribution is 0.0702. The Morgan fingerprint density at radius 3 is 2.91 bits per heavy atom. The largest absolute Gasteiger partial charge is 0.477 e. The second-order valence-corrected chi connectivity index (χ2v) is 6.97. The maximum Gasteiger partial charge on any atom is 0.345 e. The van der Waals surface area contributed by atoms with Crippen LogP contribution in [0.2, 0.25) is 0 Å². The van der Waals surface area contributed by atoms with Gasteiger partial charge in [0.2, 0.25) is 0 Å². The number of pyridine rings is 1. The number of carbonyl (C=O) groups is 2. The van der Waals surface area contributed by atoms with Gasteiger partial charge in [-0.05, 0) is 31.4 Å². The number of aromatic carboxylic acids is 1. The molecule has 2 aliphatic rings. The molecule has 0 radical (unpaired) electrons. The first-order valence-electron chi connectivity index (χ1n) is 7.30. The molecule has 0 saturated carbocycles. The number of carbonyl (C=O) groups excluding carboxylic acids is 1. The number of rotatable bonds is 3. The topological polar surface area (TPSA) is 91.3 Å². The molecule has 0 spiro atoms. The fraction of sp³-hybridized carbons (Fsp3) is 0.400. The number of nitrogens with one attached hydrogen (secondary N) is 2. The van der Waals surface area contributed by atoms with E-state index in [-0.39, 0.29) is 16.8 Å². The summed E-state index contributed by atoms with van der Waals surface area (Å²) in [7, 11) is 0. The molecule has 4 rings (SSSR count). The number of aromatic nitrogens is 1. The van der Waals surface area contributed by atoms with Gasteiger partial charge in [-0.1, -0.05) is 0 Å². The third-order valence-electron chi connectivity index (χ3n) is 4.46. The lowest BCUT2D eigenvalue weighted by Gasteiger charge is -2.21. The molecule has 22 heavy (non-hydrogen) atoms. The number of hydrogen-bond donors (Lipinski definition) is 3. The van der Waals surface area contributed by atoms with Gasteiger partial charge in [-0.2, -0.15) is 0 Å². The van der Waals surface area contributed by atoms with Crippen LogP contribution in [-0.2, 0) is 0 Å². The second-order valence-electron chi connectivity index (χ2n) is 5.89. The molecule has 3 N–H and O–H groups in total. The van der Waals surface area contributed by atoms with Gasteiger partial charge in [0.15, 0.2) is 0 Å². The fourth-order valence-corrected chi connectivity index (χ4v) is 4.30. The molecule has 2 aromatic heterocycles. The molecule has 0 aromatic carbocycles. The molecule has 6 nitrogen and oxygen atoms in total. The maximum absolute atomic E-state index is 12.3. The SMILES string of the molecule is O=C(N[C@@H]1C[C@H]2CC[C@@H]1N2)c1cc2sc(C(=O)O)cc2cn1. The van der Waals surface area contributed by atoms with Gasteiger partial charge < -0.3 is 15.7 Å². The monoisotopic (exact) mass is 317 g/mol. The van der Waals surface area contributed by atoms with Gasteiger partial charge in [-0.15, -0.1) is 11.3 Å². The molecule has 2 saturated heterocycles. The first-order valence-corrected chi connectivity index (χ1v) is 8.11. The molecule has 2 aromatic rings. The van der Waals surface area contributed by atoms with Crippen molar-refractivity contribution in [1.82, 2.24) is 15.6 Å². The predicted molar refractivity (Wildman–Crippen MR) is 82.4 cm³/mol. The minimum atomic E-state index is -0.958. The number of amides is 1. The molecule has 2 bridgehead atoms. The Morgan fingerprint density at radius 2 is 2.23 bits per heavy atom. The van der Waals surface area contributed by atoms with Gasteiger partial charge in [0.05, 0.1) is 0 Å². The van der Waals surface area contributed by atoms with Crippen molar-refractivity contribution < 1.29 is 14.7 Å². The molecule has 7 heteroatoms. The molecule has 3 atom stereocenters. The summed E-state index contributed by atoms with van der Waals surface area (Å²) in [4.78, 5) is 27.8. The van der Waals surface area contributed by atoms with Crippen LogP contribution in [0.1, 0.15) is 39.4 Å². The van der Waals surface area contributed by atoms with E-state index in [2.05, 4.69) is 15.6 Å². The Hall–Kier alpha value is -1.99.